The summed E-state index contributed by atoms with van der Waals surface area (Å²) in [6.07, 6.45) is 2.45. The number of rotatable bonds is 3. The lowest BCUT2D eigenvalue weighted by molar-refractivity contribution is 0.0691. The molecule has 0 spiro atoms. The number of halogens is 1. The number of carbonyl (C=O) groups excluding carboxylic acids is 1. The molecule has 0 aliphatic heterocycles. The molecule has 7 nitrogen and oxygen atoms in total. The molecule has 0 aliphatic rings. The minimum absolute atomic E-state index is 0.181. The monoisotopic (exact) mass is 276 g/mol. The largest absolute Gasteiger partial charge is 0.476 e. The molecule has 20 heavy (non-hydrogen) atoms. The van der Waals surface area contributed by atoms with Crippen LogP contribution in [0.5, 0.6) is 0 Å². The van der Waals surface area contributed by atoms with Crippen molar-refractivity contribution >= 4 is 23.5 Å². The van der Waals surface area contributed by atoms with Crippen molar-refractivity contribution in [3.8, 4) is 0 Å². The number of amides is 2. The number of carboxylic acid groups (broad SMARTS) is 1. The summed E-state index contributed by atoms with van der Waals surface area (Å²) in [5.74, 6) is -1.92. The molecular weight excluding hydrogens is 267 g/mol. The lowest BCUT2D eigenvalue weighted by atomic mass is 10.3. The van der Waals surface area contributed by atoms with Crippen molar-refractivity contribution in [2.75, 3.05) is 10.6 Å². The van der Waals surface area contributed by atoms with Gasteiger partial charge >= 0.3 is 12.0 Å². The summed E-state index contributed by atoms with van der Waals surface area (Å²) in [5.41, 5.74) is -0.0218. The zero-order chi connectivity index (χ0) is 14.5. The fourth-order valence-corrected chi connectivity index (χ4v) is 1.39. The standard InChI is InChI=1S/C12H9FN4O3/c13-7-1-3-8(4-2-7)16-12(20)17-10-9(11(18)19)14-5-6-15-10/h1-6H,(H,18,19)(H2,15,16,17,20). The normalized spacial score (nSPS) is 9.85. The quantitative estimate of drug-likeness (QED) is 0.794. The van der Waals surface area contributed by atoms with Crippen molar-refractivity contribution in [1.82, 2.24) is 9.97 Å². The highest BCUT2D eigenvalue weighted by molar-refractivity contribution is 6.02. The molecule has 0 radical (unpaired) electrons. The van der Waals surface area contributed by atoms with E-state index in [0.717, 1.165) is 0 Å². The Morgan fingerprint density at radius 2 is 1.70 bits per heavy atom. The first-order valence-corrected chi connectivity index (χ1v) is 5.44. The van der Waals surface area contributed by atoms with Crippen LogP contribution in [-0.2, 0) is 0 Å². The fraction of sp³-hybridized carbons (Fsp3) is 0. The minimum atomic E-state index is -1.31. The van der Waals surface area contributed by atoms with Crippen LogP contribution in [0.4, 0.5) is 20.7 Å². The highest BCUT2D eigenvalue weighted by Gasteiger charge is 2.14. The Hall–Kier alpha value is -3.03. The van der Waals surface area contributed by atoms with E-state index in [4.69, 9.17) is 5.11 Å². The van der Waals surface area contributed by atoms with Gasteiger partial charge in [0.25, 0.3) is 0 Å². The van der Waals surface area contributed by atoms with Crippen LogP contribution < -0.4 is 10.6 Å². The van der Waals surface area contributed by atoms with Crippen molar-refractivity contribution in [2.45, 2.75) is 0 Å². The summed E-state index contributed by atoms with van der Waals surface area (Å²) in [4.78, 5) is 29.9. The van der Waals surface area contributed by atoms with Crippen LogP contribution in [0.3, 0.4) is 0 Å². The number of hydrogen-bond acceptors (Lipinski definition) is 4. The van der Waals surface area contributed by atoms with Gasteiger partial charge in [-0.05, 0) is 24.3 Å². The Kier molecular flexibility index (Phi) is 3.85. The maximum absolute atomic E-state index is 12.7. The molecule has 0 atom stereocenters. The summed E-state index contributed by atoms with van der Waals surface area (Å²) < 4.78 is 12.7. The van der Waals surface area contributed by atoms with Crippen molar-refractivity contribution in [2.24, 2.45) is 0 Å². The van der Waals surface area contributed by atoms with E-state index in [2.05, 4.69) is 20.6 Å². The number of carboxylic acids is 1. The minimum Gasteiger partial charge on any atom is -0.476 e. The third-order valence-electron chi connectivity index (χ3n) is 2.23. The lowest BCUT2D eigenvalue weighted by Gasteiger charge is -2.08. The maximum atomic E-state index is 12.7. The first-order valence-electron chi connectivity index (χ1n) is 5.44. The number of aromatic carboxylic acids is 1. The zero-order valence-electron chi connectivity index (χ0n) is 10.0. The van der Waals surface area contributed by atoms with Gasteiger partial charge in [-0.25, -0.2) is 23.9 Å². The van der Waals surface area contributed by atoms with Crippen LogP contribution in [0, 0.1) is 5.82 Å². The van der Waals surface area contributed by atoms with E-state index in [1.807, 2.05) is 0 Å². The first-order chi connectivity index (χ1) is 9.56. The number of urea groups is 1. The molecule has 0 aliphatic carbocycles. The van der Waals surface area contributed by atoms with Crippen LogP contribution in [0.2, 0.25) is 0 Å². The Morgan fingerprint density at radius 1 is 1.05 bits per heavy atom. The molecule has 1 aromatic carbocycles. The molecule has 0 saturated carbocycles. The van der Waals surface area contributed by atoms with Gasteiger partial charge < -0.3 is 10.4 Å². The predicted molar refractivity (Wildman–Crippen MR) is 68.0 cm³/mol. The van der Waals surface area contributed by atoms with Crippen LogP contribution in [0.1, 0.15) is 10.5 Å². The molecule has 8 heteroatoms. The van der Waals surface area contributed by atoms with Gasteiger partial charge in [0.05, 0.1) is 0 Å². The second kappa shape index (κ2) is 5.74. The van der Waals surface area contributed by atoms with Crippen molar-refractivity contribution in [3.05, 3.63) is 48.2 Å². The van der Waals surface area contributed by atoms with Gasteiger partial charge in [0, 0.05) is 18.1 Å². The van der Waals surface area contributed by atoms with Gasteiger partial charge in [0.1, 0.15) is 5.82 Å². The Bertz CT molecular complexity index is 645. The summed E-state index contributed by atoms with van der Waals surface area (Å²) in [6, 6.07) is 4.38. The predicted octanol–water partition coefficient (Wildman–Crippen LogP) is 1.96. The number of aromatic nitrogens is 2. The molecule has 2 aromatic rings. The lowest BCUT2D eigenvalue weighted by Crippen LogP contribution is -2.22. The average Bonchev–Trinajstić information content (AvgIpc) is 2.41. The van der Waals surface area contributed by atoms with Crippen molar-refractivity contribution in [3.63, 3.8) is 0 Å². The number of benzene rings is 1. The SMILES string of the molecule is O=C(Nc1ccc(F)cc1)Nc1nccnc1C(=O)O. The number of nitrogens with one attached hydrogen (secondary N) is 2. The van der Waals surface area contributed by atoms with Gasteiger partial charge in [-0.3, -0.25) is 5.32 Å². The molecule has 0 saturated heterocycles. The Labute approximate surface area is 112 Å². The second-order valence-corrected chi connectivity index (χ2v) is 3.64. The molecule has 1 aromatic heterocycles. The van der Waals surface area contributed by atoms with Gasteiger partial charge in [0.15, 0.2) is 11.5 Å². The number of carbonyl (C=O) groups is 2. The van der Waals surface area contributed by atoms with Crippen LogP contribution in [0.25, 0.3) is 0 Å². The van der Waals surface area contributed by atoms with Crippen LogP contribution in [0.15, 0.2) is 36.7 Å². The summed E-state index contributed by atoms with van der Waals surface area (Å²) in [6.45, 7) is 0. The Balaban J connectivity index is 2.08. The highest BCUT2D eigenvalue weighted by atomic mass is 19.1. The third-order valence-corrected chi connectivity index (χ3v) is 2.23. The molecule has 1 heterocycles. The molecule has 0 unspecified atom stereocenters. The molecular formula is C12H9FN4O3. The van der Waals surface area contributed by atoms with Crippen molar-refractivity contribution in [1.29, 1.82) is 0 Å². The van der Waals surface area contributed by atoms with E-state index in [-0.39, 0.29) is 11.5 Å². The molecule has 102 valence electrons. The van der Waals surface area contributed by atoms with E-state index in [1.165, 1.54) is 36.7 Å². The van der Waals surface area contributed by atoms with E-state index in [1.54, 1.807) is 0 Å². The van der Waals surface area contributed by atoms with E-state index in [0.29, 0.717) is 5.69 Å². The fourth-order valence-electron chi connectivity index (χ4n) is 1.39. The summed E-state index contributed by atoms with van der Waals surface area (Å²) >= 11 is 0. The number of anilines is 2. The van der Waals surface area contributed by atoms with Gasteiger partial charge in [-0.2, -0.15) is 0 Å². The van der Waals surface area contributed by atoms with Gasteiger partial charge in [0.2, 0.25) is 0 Å². The molecule has 0 fully saturated rings. The van der Waals surface area contributed by atoms with Gasteiger partial charge in [-0.1, -0.05) is 0 Å². The second-order valence-electron chi connectivity index (χ2n) is 3.64. The van der Waals surface area contributed by atoms with Crippen LogP contribution >= 0.6 is 0 Å². The maximum Gasteiger partial charge on any atom is 0.358 e. The number of nitrogens with zero attached hydrogens (tertiary/aromatic N) is 2. The summed E-state index contributed by atoms with van der Waals surface area (Å²) in [7, 11) is 0. The molecule has 0 bridgehead atoms. The third kappa shape index (κ3) is 3.25. The van der Waals surface area contributed by atoms with E-state index in [9.17, 15) is 14.0 Å². The topological polar surface area (TPSA) is 104 Å². The highest BCUT2D eigenvalue weighted by Crippen LogP contribution is 2.11. The molecule has 2 rings (SSSR count). The first kappa shape index (κ1) is 13.4. The van der Waals surface area contributed by atoms with E-state index < -0.39 is 17.8 Å². The average molecular weight is 276 g/mol. The van der Waals surface area contributed by atoms with E-state index >= 15 is 0 Å². The smallest absolute Gasteiger partial charge is 0.358 e. The van der Waals surface area contributed by atoms with Crippen LogP contribution in [-0.4, -0.2) is 27.1 Å². The molecule has 2 amide bonds. The summed E-state index contributed by atoms with van der Waals surface area (Å²) in [5, 5.41) is 13.5. The van der Waals surface area contributed by atoms with Crippen molar-refractivity contribution < 1.29 is 19.1 Å². The Morgan fingerprint density at radius 3 is 2.35 bits per heavy atom. The van der Waals surface area contributed by atoms with Gasteiger partial charge in [-0.15, -0.1) is 0 Å². The number of hydrogen-bond donors (Lipinski definition) is 3. The molecule has 3 N–H and O–H groups in total. The zero-order valence-corrected chi connectivity index (χ0v) is 10.0.